The molecule has 0 aromatic heterocycles. The molecule has 0 aliphatic carbocycles. The molecule has 0 saturated heterocycles. The highest BCUT2D eigenvalue weighted by Crippen LogP contribution is 2.12. The van der Waals surface area contributed by atoms with Crippen molar-refractivity contribution in [2.45, 2.75) is 25.6 Å². The summed E-state index contributed by atoms with van der Waals surface area (Å²) in [5.41, 5.74) is 1.35. The summed E-state index contributed by atoms with van der Waals surface area (Å²) in [6, 6.07) is 8.45. The Bertz CT molecular complexity index is 258. The Morgan fingerprint density at radius 2 is 1.83 bits per heavy atom. The van der Waals surface area contributed by atoms with Crippen molar-refractivity contribution in [1.29, 1.82) is 0 Å². The van der Waals surface area contributed by atoms with Crippen LogP contribution in [0, 0.1) is 6.92 Å². The van der Waals surface area contributed by atoms with Crippen LogP contribution in [0.5, 0.6) is 0 Å². The van der Waals surface area contributed by atoms with Gasteiger partial charge in [-0.15, -0.1) is 0 Å². The number of hydrogen-bond donors (Lipinski definition) is 0. The van der Waals surface area contributed by atoms with E-state index in [9.17, 15) is 0 Å². The molecule has 0 spiro atoms. The third kappa shape index (κ3) is 2.26. The molecule has 1 rings (SSSR count). The lowest BCUT2D eigenvalue weighted by Crippen LogP contribution is -2.29. The summed E-state index contributed by atoms with van der Waals surface area (Å²) in [5.74, 6) is 0. The van der Waals surface area contributed by atoms with Gasteiger partial charge in [0.25, 0.3) is 0 Å². The molecule has 0 aliphatic rings. The van der Waals surface area contributed by atoms with Crippen LogP contribution in [0.4, 0.5) is 0 Å². The van der Waals surface area contributed by atoms with Gasteiger partial charge in [0.1, 0.15) is 0 Å². The Morgan fingerprint density at radius 1 is 1.25 bits per heavy atom. The second kappa shape index (κ2) is 4.33. The first kappa shape index (κ1) is 10.1. The molecule has 0 aliphatic heterocycles. The van der Waals surface area contributed by atoms with E-state index in [1.807, 2.05) is 0 Å². The van der Waals surface area contributed by atoms with Crippen molar-refractivity contribution in [2.24, 2.45) is 0 Å². The number of hydrogen-bond acceptors (Lipinski definition) is 0. The molecule has 0 heterocycles. The van der Waals surface area contributed by atoms with Gasteiger partial charge in [0.2, 0.25) is 0 Å². The highest BCUT2D eigenvalue weighted by Gasteiger charge is 2.22. The fourth-order valence-corrected chi connectivity index (χ4v) is 3.53. The van der Waals surface area contributed by atoms with E-state index in [0.717, 1.165) is 0 Å². The molecular formula is C10H14AlCl. The van der Waals surface area contributed by atoms with Gasteiger partial charge in [-0.05, 0) is 6.92 Å². The third-order valence-electron chi connectivity index (χ3n) is 2.07. The van der Waals surface area contributed by atoms with Crippen LogP contribution in [0.3, 0.4) is 0 Å². The van der Waals surface area contributed by atoms with Crippen LogP contribution in [0.15, 0.2) is 24.3 Å². The molecule has 12 heavy (non-hydrogen) atoms. The predicted molar refractivity (Wildman–Crippen MR) is 57.5 cm³/mol. The molecule has 0 unspecified atom stereocenters. The smallest absolute Gasteiger partial charge is 0.253 e. The predicted octanol–water partition coefficient (Wildman–Crippen LogP) is 2.84. The Labute approximate surface area is 83.2 Å². The van der Waals surface area contributed by atoms with Gasteiger partial charge in [0.05, 0.1) is 0 Å². The minimum absolute atomic E-state index is 0.632. The van der Waals surface area contributed by atoms with Crippen molar-refractivity contribution in [3.05, 3.63) is 29.8 Å². The lowest BCUT2D eigenvalue weighted by atomic mass is 10.2. The summed E-state index contributed by atoms with van der Waals surface area (Å²) >= 11 is -1.20. The number of halogens is 1. The van der Waals surface area contributed by atoms with Gasteiger partial charge in [-0.1, -0.05) is 52.9 Å². The molecule has 0 N–H and O–H groups in total. The Kier molecular flexibility index (Phi) is 3.65. The van der Waals surface area contributed by atoms with Crippen molar-refractivity contribution < 1.29 is 0 Å². The molecule has 0 saturated carbocycles. The largest absolute Gasteiger partial charge is 0.440 e. The Morgan fingerprint density at radius 3 is 2.33 bits per heavy atom. The van der Waals surface area contributed by atoms with Crippen molar-refractivity contribution in [1.82, 2.24) is 0 Å². The molecule has 1 aromatic carbocycles. The molecule has 0 amide bonds. The van der Waals surface area contributed by atoms with Gasteiger partial charge in [-0.2, -0.15) is 0 Å². The summed E-state index contributed by atoms with van der Waals surface area (Å²) in [6.07, 6.45) is 0. The van der Waals surface area contributed by atoms with Crippen molar-refractivity contribution in [2.75, 3.05) is 0 Å². The topological polar surface area (TPSA) is 0 Å². The van der Waals surface area contributed by atoms with E-state index in [4.69, 9.17) is 10.0 Å². The molecule has 0 radical (unpaired) electrons. The van der Waals surface area contributed by atoms with Crippen LogP contribution < -0.4 is 4.43 Å². The summed E-state index contributed by atoms with van der Waals surface area (Å²) in [4.78, 5) is 0. The summed E-state index contributed by atoms with van der Waals surface area (Å²) < 4.78 is 2.03. The van der Waals surface area contributed by atoms with Crippen LogP contribution >= 0.6 is 10.0 Å². The highest BCUT2D eigenvalue weighted by molar-refractivity contribution is 7.15. The van der Waals surface area contributed by atoms with E-state index in [1.54, 1.807) is 0 Å². The summed E-state index contributed by atoms with van der Waals surface area (Å²) in [5, 5.41) is 0. The fraction of sp³-hybridized carbons (Fsp3) is 0.400. The van der Waals surface area contributed by atoms with Crippen LogP contribution in [-0.2, 0) is 0 Å². The zero-order valence-corrected chi connectivity index (χ0v) is 9.75. The molecule has 0 atom stereocenters. The van der Waals surface area contributed by atoms with Gasteiger partial charge < -0.3 is 0 Å². The van der Waals surface area contributed by atoms with Crippen LogP contribution in [0.25, 0.3) is 0 Å². The normalized spacial score (nSPS) is 10.4. The molecule has 0 fully saturated rings. The molecule has 64 valence electrons. The second-order valence-corrected chi connectivity index (χ2v) is 7.67. The van der Waals surface area contributed by atoms with Crippen molar-refractivity contribution >= 4 is 27.7 Å². The average Bonchev–Trinajstić information content (AvgIpc) is 2.04. The van der Waals surface area contributed by atoms with E-state index in [-0.39, 0.29) is 0 Å². The SMILES string of the molecule is Cc1cccc[c]1[Al]([Cl])[CH](C)C. The van der Waals surface area contributed by atoms with Crippen LogP contribution in [0.2, 0.25) is 4.78 Å². The fourth-order valence-electron chi connectivity index (χ4n) is 1.26. The monoisotopic (exact) mass is 196 g/mol. The second-order valence-electron chi connectivity index (χ2n) is 3.50. The van der Waals surface area contributed by atoms with Gasteiger partial charge in [-0.25, -0.2) is 0 Å². The zero-order chi connectivity index (χ0) is 9.14. The van der Waals surface area contributed by atoms with Crippen LogP contribution in [-0.4, -0.2) is 13.2 Å². The average molecular weight is 197 g/mol. The first-order chi connectivity index (χ1) is 5.63. The zero-order valence-electron chi connectivity index (χ0n) is 7.84. The first-order valence-corrected chi connectivity index (χ1v) is 7.31. The lowest BCUT2D eigenvalue weighted by Gasteiger charge is -2.10. The molecular weight excluding hydrogens is 183 g/mol. The molecule has 0 bridgehead atoms. The van der Waals surface area contributed by atoms with Crippen molar-refractivity contribution in [3.63, 3.8) is 0 Å². The van der Waals surface area contributed by atoms with Crippen LogP contribution in [0.1, 0.15) is 19.4 Å². The Balaban J connectivity index is 2.94. The number of benzene rings is 1. The van der Waals surface area contributed by atoms with E-state index < -0.39 is 13.2 Å². The van der Waals surface area contributed by atoms with Crippen molar-refractivity contribution in [3.8, 4) is 0 Å². The van der Waals surface area contributed by atoms with Gasteiger partial charge in [0.15, 0.2) is 0 Å². The van der Waals surface area contributed by atoms with E-state index in [1.165, 1.54) is 9.99 Å². The van der Waals surface area contributed by atoms with Gasteiger partial charge >= 0.3 is 13.2 Å². The molecule has 2 heteroatoms. The minimum Gasteiger partial charge on any atom is -0.253 e. The van der Waals surface area contributed by atoms with E-state index in [2.05, 4.69) is 45.0 Å². The molecule has 1 aromatic rings. The van der Waals surface area contributed by atoms with Gasteiger partial charge in [-0.3, -0.25) is 10.0 Å². The minimum atomic E-state index is -1.20. The van der Waals surface area contributed by atoms with E-state index >= 15 is 0 Å². The first-order valence-electron chi connectivity index (χ1n) is 4.32. The number of aryl methyl sites for hydroxylation is 1. The van der Waals surface area contributed by atoms with E-state index in [0.29, 0.717) is 4.78 Å². The maximum atomic E-state index is 6.39. The Hall–Kier alpha value is 0.0425. The quantitative estimate of drug-likeness (QED) is 0.639. The maximum Gasteiger partial charge on any atom is 0.440 e. The third-order valence-corrected chi connectivity index (χ3v) is 6.70. The highest BCUT2D eigenvalue weighted by atomic mass is 35.6. The molecule has 0 nitrogen and oxygen atoms in total. The number of rotatable bonds is 2. The lowest BCUT2D eigenvalue weighted by molar-refractivity contribution is 1.06. The summed E-state index contributed by atoms with van der Waals surface area (Å²) in [7, 11) is 6.39. The van der Waals surface area contributed by atoms with Gasteiger partial charge in [0, 0.05) is 0 Å². The maximum absolute atomic E-state index is 6.39. The summed E-state index contributed by atoms with van der Waals surface area (Å²) in [6.45, 7) is 6.55. The standard InChI is InChI=1S/C7H7.C3H7.Al.ClH/c1-7-5-3-2-4-6-7;1-3-2;;/h2-5H,1H3;3H,1-2H3;;1H/q;;+1;/p-1.